The van der Waals surface area contributed by atoms with Crippen LogP contribution in [0.2, 0.25) is 0 Å². The van der Waals surface area contributed by atoms with Crippen molar-refractivity contribution in [2.24, 2.45) is 0 Å². The van der Waals surface area contributed by atoms with E-state index < -0.39 is 17.2 Å². The summed E-state index contributed by atoms with van der Waals surface area (Å²) in [6.07, 6.45) is 1.04. The Morgan fingerprint density at radius 3 is 2.74 bits per heavy atom. The quantitative estimate of drug-likeness (QED) is 0.623. The van der Waals surface area contributed by atoms with Crippen LogP contribution in [-0.4, -0.2) is 21.0 Å². The summed E-state index contributed by atoms with van der Waals surface area (Å²) in [5, 5.41) is 12.0. The molecule has 0 aliphatic carbocycles. The molecule has 2 rings (SSSR count). The summed E-state index contributed by atoms with van der Waals surface area (Å²) < 4.78 is 0. The number of hydrogen-bond donors (Lipinski definition) is 4. The van der Waals surface area contributed by atoms with Crippen LogP contribution in [0.5, 0.6) is 5.75 Å². The molecule has 0 saturated carbocycles. The zero-order valence-electron chi connectivity index (χ0n) is 9.98. The van der Waals surface area contributed by atoms with E-state index in [9.17, 15) is 19.5 Å². The number of rotatable bonds is 2. The number of carbonyl (C=O) groups excluding carboxylic acids is 1. The van der Waals surface area contributed by atoms with Gasteiger partial charge in [-0.3, -0.25) is 14.6 Å². The van der Waals surface area contributed by atoms with Crippen molar-refractivity contribution in [3.05, 3.63) is 56.4 Å². The number of phenolic OH excluding ortho intramolecular Hbond substituents is 1. The lowest BCUT2D eigenvalue weighted by molar-refractivity contribution is 0.102. The lowest BCUT2D eigenvalue weighted by Crippen LogP contribution is -2.29. The number of anilines is 1. The maximum Gasteiger partial charge on any atom is 0.325 e. The van der Waals surface area contributed by atoms with Crippen molar-refractivity contribution in [1.29, 1.82) is 0 Å². The summed E-state index contributed by atoms with van der Waals surface area (Å²) >= 11 is 0. The van der Waals surface area contributed by atoms with E-state index in [1.54, 1.807) is 19.1 Å². The fraction of sp³-hybridized carbons (Fsp3) is 0.0833. The Labute approximate surface area is 106 Å². The number of carbonyl (C=O) groups is 1. The summed E-state index contributed by atoms with van der Waals surface area (Å²) in [7, 11) is 0. The maximum atomic E-state index is 11.9. The Balaban J connectivity index is 2.34. The normalized spacial score (nSPS) is 10.2. The van der Waals surface area contributed by atoms with Crippen molar-refractivity contribution in [2.45, 2.75) is 6.92 Å². The number of H-pyrrole nitrogens is 2. The molecule has 1 amide bonds. The molecule has 0 saturated heterocycles. The van der Waals surface area contributed by atoms with E-state index >= 15 is 0 Å². The van der Waals surface area contributed by atoms with Crippen LogP contribution in [0.25, 0.3) is 0 Å². The van der Waals surface area contributed by atoms with Crippen LogP contribution in [0.3, 0.4) is 0 Å². The molecule has 0 radical (unpaired) electrons. The summed E-state index contributed by atoms with van der Waals surface area (Å²) in [6, 6.07) is 4.64. The molecule has 1 heterocycles. The summed E-state index contributed by atoms with van der Waals surface area (Å²) in [5.41, 5.74) is -0.816. The first-order chi connectivity index (χ1) is 8.99. The summed E-state index contributed by atoms with van der Waals surface area (Å²) in [5.74, 6) is -0.639. The van der Waals surface area contributed by atoms with Crippen molar-refractivity contribution in [1.82, 2.24) is 9.97 Å². The van der Waals surface area contributed by atoms with E-state index in [0.717, 1.165) is 6.20 Å². The van der Waals surface area contributed by atoms with Gasteiger partial charge in [-0.15, -0.1) is 0 Å². The Bertz CT molecular complexity index is 745. The van der Waals surface area contributed by atoms with Crippen LogP contribution < -0.4 is 16.6 Å². The van der Waals surface area contributed by atoms with Gasteiger partial charge in [-0.1, -0.05) is 6.07 Å². The standard InChI is InChI=1S/C12H11N3O4/c1-6-8(3-2-4-9(6)16)14-10(17)7-5-13-12(19)15-11(7)18/h2-5,16H,1H3,(H,14,17)(H2,13,15,18,19). The van der Waals surface area contributed by atoms with Gasteiger partial charge in [0.15, 0.2) is 0 Å². The minimum atomic E-state index is -0.779. The van der Waals surface area contributed by atoms with Gasteiger partial charge in [-0.2, -0.15) is 0 Å². The zero-order valence-corrected chi connectivity index (χ0v) is 9.98. The molecule has 0 aliphatic rings. The number of aromatic amines is 2. The number of benzene rings is 1. The van der Waals surface area contributed by atoms with Crippen molar-refractivity contribution >= 4 is 11.6 Å². The van der Waals surface area contributed by atoms with Gasteiger partial charge in [0.2, 0.25) is 0 Å². The van der Waals surface area contributed by atoms with Crippen LogP contribution in [0.1, 0.15) is 15.9 Å². The molecular formula is C12H11N3O4. The van der Waals surface area contributed by atoms with Crippen molar-refractivity contribution in [2.75, 3.05) is 5.32 Å². The molecule has 0 spiro atoms. The molecule has 0 unspecified atom stereocenters. The topological polar surface area (TPSA) is 115 Å². The molecule has 0 aliphatic heterocycles. The van der Waals surface area contributed by atoms with E-state index in [4.69, 9.17) is 0 Å². The first kappa shape index (κ1) is 12.6. The highest BCUT2D eigenvalue weighted by atomic mass is 16.3. The van der Waals surface area contributed by atoms with Crippen molar-refractivity contribution in [3.63, 3.8) is 0 Å². The number of phenols is 1. The highest BCUT2D eigenvalue weighted by Gasteiger charge is 2.13. The Morgan fingerprint density at radius 1 is 1.32 bits per heavy atom. The van der Waals surface area contributed by atoms with Gasteiger partial charge in [-0.25, -0.2) is 4.79 Å². The predicted molar refractivity (Wildman–Crippen MR) is 68.5 cm³/mol. The highest BCUT2D eigenvalue weighted by molar-refractivity contribution is 6.04. The highest BCUT2D eigenvalue weighted by Crippen LogP contribution is 2.23. The summed E-state index contributed by atoms with van der Waals surface area (Å²) in [4.78, 5) is 38.3. The molecule has 7 nitrogen and oxygen atoms in total. The van der Waals surface area contributed by atoms with Crippen LogP contribution >= 0.6 is 0 Å². The van der Waals surface area contributed by atoms with E-state index in [2.05, 4.69) is 10.3 Å². The average Bonchev–Trinajstić information content (AvgIpc) is 2.34. The van der Waals surface area contributed by atoms with Gasteiger partial charge in [0, 0.05) is 17.4 Å². The SMILES string of the molecule is Cc1c(O)cccc1NC(=O)c1c[nH]c(=O)[nH]c1=O. The van der Waals surface area contributed by atoms with E-state index in [-0.39, 0.29) is 11.3 Å². The first-order valence-corrected chi connectivity index (χ1v) is 5.41. The molecule has 4 N–H and O–H groups in total. The average molecular weight is 261 g/mol. The second kappa shape index (κ2) is 4.81. The Kier molecular flexibility index (Phi) is 3.19. The molecule has 7 heteroatoms. The fourth-order valence-electron chi connectivity index (χ4n) is 1.53. The van der Waals surface area contributed by atoms with Gasteiger partial charge in [0.1, 0.15) is 11.3 Å². The maximum absolute atomic E-state index is 11.9. The fourth-order valence-corrected chi connectivity index (χ4v) is 1.53. The van der Waals surface area contributed by atoms with Crippen LogP contribution in [0.4, 0.5) is 5.69 Å². The second-order valence-electron chi connectivity index (χ2n) is 3.89. The van der Waals surface area contributed by atoms with Gasteiger partial charge >= 0.3 is 5.69 Å². The number of amides is 1. The molecule has 2 aromatic rings. The van der Waals surface area contributed by atoms with Gasteiger partial charge < -0.3 is 15.4 Å². The zero-order chi connectivity index (χ0) is 14.0. The Morgan fingerprint density at radius 2 is 2.05 bits per heavy atom. The molecule has 0 fully saturated rings. The molecular weight excluding hydrogens is 250 g/mol. The third-order valence-electron chi connectivity index (χ3n) is 2.62. The molecule has 0 bridgehead atoms. The van der Waals surface area contributed by atoms with E-state index in [1.807, 2.05) is 4.98 Å². The molecule has 19 heavy (non-hydrogen) atoms. The third kappa shape index (κ3) is 2.54. The monoisotopic (exact) mass is 261 g/mol. The lowest BCUT2D eigenvalue weighted by atomic mass is 10.1. The van der Waals surface area contributed by atoms with E-state index in [0.29, 0.717) is 11.3 Å². The number of hydrogen-bond acceptors (Lipinski definition) is 4. The molecule has 1 aromatic carbocycles. The van der Waals surface area contributed by atoms with E-state index in [1.165, 1.54) is 6.07 Å². The largest absolute Gasteiger partial charge is 0.508 e. The molecule has 98 valence electrons. The number of aromatic hydroxyl groups is 1. The first-order valence-electron chi connectivity index (χ1n) is 5.41. The predicted octanol–water partition coefficient (Wildman–Crippen LogP) is 0.330. The minimum absolute atomic E-state index is 0.0354. The van der Waals surface area contributed by atoms with Crippen LogP contribution in [-0.2, 0) is 0 Å². The second-order valence-corrected chi connectivity index (χ2v) is 3.89. The van der Waals surface area contributed by atoms with Gasteiger partial charge in [0.25, 0.3) is 11.5 Å². The summed E-state index contributed by atoms with van der Waals surface area (Å²) in [6.45, 7) is 1.63. The third-order valence-corrected chi connectivity index (χ3v) is 2.62. The van der Waals surface area contributed by atoms with Crippen molar-refractivity contribution in [3.8, 4) is 5.75 Å². The van der Waals surface area contributed by atoms with Crippen LogP contribution in [0, 0.1) is 6.92 Å². The number of nitrogens with one attached hydrogen (secondary N) is 3. The minimum Gasteiger partial charge on any atom is -0.508 e. The van der Waals surface area contributed by atoms with Gasteiger partial charge in [0.05, 0.1) is 0 Å². The van der Waals surface area contributed by atoms with Crippen LogP contribution in [0.15, 0.2) is 34.0 Å². The molecule has 1 aromatic heterocycles. The van der Waals surface area contributed by atoms with Gasteiger partial charge in [-0.05, 0) is 19.1 Å². The Hall–Kier alpha value is -2.83. The smallest absolute Gasteiger partial charge is 0.325 e. The number of aromatic nitrogens is 2. The molecule has 0 atom stereocenters. The lowest BCUT2D eigenvalue weighted by Gasteiger charge is -2.08. The van der Waals surface area contributed by atoms with Crippen molar-refractivity contribution < 1.29 is 9.90 Å².